The predicted molar refractivity (Wildman–Crippen MR) is 117 cm³/mol. The van der Waals surface area contributed by atoms with Crippen molar-refractivity contribution < 1.29 is 0 Å². The molecule has 8 nitrogen and oxygen atoms in total. The van der Waals surface area contributed by atoms with Crippen molar-refractivity contribution in [3.05, 3.63) is 29.9 Å². The van der Waals surface area contributed by atoms with E-state index >= 15 is 0 Å². The van der Waals surface area contributed by atoms with Gasteiger partial charge in [0.25, 0.3) is 0 Å². The first kappa shape index (κ1) is 21.6. The van der Waals surface area contributed by atoms with E-state index in [1.54, 1.807) is 7.05 Å². The van der Waals surface area contributed by atoms with Crippen LogP contribution >= 0.6 is 24.0 Å². The van der Waals surface area contributed by atoms with Gasteiger partial charge in [-0.25, -0.2) is 14.6 Å². The lowest BCUT2D eigenvalue weighted by atomic mass is 10.1. The van der Waals surface area contributed by atoms with Crippen molar-refractivity contribution in [3.8, 4) is 0 Å². The first-order valence-corrected chi connectivity index (χ1v) is 9.48. The molecular formula is C18H31IN8. The van der Waals surface area contributed by atoms with Gasteiger partial charge in [-0.15, -0.1) is 24.0 Å². The quantitative estimate of drug-likeness (QED) is 0.371. The van der Waals surface area contributed by atoms with Crippen LogP contribution in [0, 0.1) is 5.92 Å². The van der Waals surface area contributed by atoms with Crippen molar-refractivity contribution in [1.29, 1.82) is 0 Å². The third-order valence-corrected chi connectivity index (χ3v) is 4.56. The Morgan fingerprint density at radius 2 is 2.22 bits per heavy atom. The van der Waals surface area contributed by atoms with Crippen LogP contribution in [0.3, 0.4) is 0 Å². The number of aliphatic imine (C=N–C) groups is 1. The van der Waals surface area contributed by atoms with Gasteiger partial charge < -0.3 is 15.2 Å². The van der Waals surface area contributed by atoms with Gasteiger partial charge in [0.15, 0.2) is 11.8 Å². The zero-order chi connectivity index (χ0) is 18.5. The molecule has 0 saturated carbocycles. The van der Waals surface area contributed by atoms with Crippen LogP contribution in [0.15, 0.2) is 17.4 Å². The van der Waals surface area contributed by atoms with E-state index in [4.69, 9.17) is 0 Å². The van der Waals surface area contributed by atoms with Crippen molar-refractivity contribution >= 4 is 29.9 Å². The lowest BCUT2D eigenvalue weighted by Gasteiger charge is -2.25. The first-order valence-electron chi connectivity index (χ1n) is 9.48. The number of fused-ring (bicyclic) bond motifs is 1. The maximum Gasteiger partial charge on any atom is 0.191 e. The Morgan fingerprint density at radius 3 is 2.93 bits per heavy atom. The van der Waals surface area contributed by atoms with Crippen LogP contribution < -0.4 is 10.6 Å². The van der Waals surface area contributed by atoms with Crippen molar-refractivity contribution in [2.24, 2.45) is 10.9 Å². The summed E-state index contributed by atoms with van der Waals surface area (Å²) in [6.45, 7) is 8.96. The van der Waals surface area contributed by atoms with E-state index in [-0.39, 0.29) is 24.0 Å². The van der Waals surface area contributed by atoms with Gasteiger partial charge in [0.05, 0.1) is 13.1 Å². The maximum absolute atomic E-state index is 4.57. The highest BCUT2D eigenvalue weighted by atomic mass is 127. The van der Waals surface area contributed by atoms with E-state index in [2.05, 4.69) is 56.0 Å². The fraction of sp³-hybridized carbons (Fsp3) is 0.667. The zero-order valence-corrected chi connectivity index (χ0v) is 19.0. The predicted octanol–water partition coefficient (Wildman–Crippen LogP) is 1.99. The summed E-state index contributed by atoms with van der Waals surface area (Å²) in [5.41, 5.74) is 0. The van der Waals surface area contributed by atoms with E-state index in [0.717, 1.165) is 55.8 Å². The average molecular weight is 486 g/mol. The number of hydrogen-bond acceptors (Lipinski definition) is 4. The second kappa shape index (κ2) is 10.0. The highest BCUT2D eigenvalue weighted by Crippen LogP contribution is 2.13. The average Bonchev–Trinajstić information content (AvgIpc) is 3.23. The number of nitrogens with one attached hydrogen (secondary N) is 2. The Balaban J connectivity index is 0.00000261. The summed E-state index contributed by atoms with van der Waals surface area (Å²) in [5.74, 6) is 4.44. The zero-order valence-electron chi connectivity index (χ0n) is 16.6. The van der Waals surface area contributed by atoms with Crippen molar-refractivity contribution in [2.75, 3.05) is 7.05 Å². The van der Waals surface area contributed by atoms with Crippen LogP contribution in [0.4, 0.5) is 0 Å². The highest BCUT2D eigenvalue weighted by Gasteiger charge is 2.22. The third-order valence-electron chi connectivity index (χ3n) is 4.56. The molecule has 1 aliphatic rings. The second-order valence-corrected chi connectivity index (χ2v) is 7.18. The van der Waals surface area contributed by atoms with Gasteiger partial charge in [0, 0.05) is 44.9 Å². The van der Waals surface area contributed by atoms with Gasteiger partial charge in [-0.1, -0.05) is 20.8 Å². The smallest absolute Gasteiger partial charge is 0.191 e. The molecule has 0 aromatic carbocycles. The number of rotatable bonds is 6. The molecule has 1 aliphatic heterocycles. The minimum atomic E-state index is 0. The molecule has 9 heteroatoms. The van der Waals surface area contributed by atoms with Gasteiger partial charge in [-0.3, -0.25) is 4.99 Å². The summed E-state index contributed by atoms with van der Waals surface area (Å²) in [6.07, 6.45) is 6.75. The normalized spacial score (nSPS) is 16.8. The molecule has 0 amide bonds. The monoisotopic (exact) mass is 486 g/mol. The molecule has 0 fully saturated rings. The van der Waals surface area contributed by atoms with E-state index < -0.39 is 0 Å². The second-order valence-electron chi connectivity index (χ2n) is 7.18. The van der Waals surface area contributed by atoms with Gasteiger partial charge >= 0.3 is 0 Å². The molecule has 0 spiro atoms. The largest absolute Gasteiger partial charge is 0.352 e. The van der Waals surface area contributed by atoms with Crippen LogP contribution in [0.5, 0.6) is 0 Å². The highest BCUT2D eigenvalue weighted by molar-refractivity contribution is 14.0. The molecule has 2 aromatic heterocycles. The fourth-order valence-electron chi connectivity index (χ4n) is 3.25. The van der Waals surface area contributed by atoms with Gasteiger partial charge in [0.1, 0.15) is 11.6 Å². The first-order chi connectivity index (χ1) is 12.6. The number of nitrogens with zero attached hydrogens (tertiary/aromatic N) is 6. The summed E-state index contributed by atoms with van der Waals surface area (Å²) >= 11 is 0. The standard InChI is InChI=1S/C18H30N8.HI/c1-5-15-23-16-7-6-14(12-26(16)24-15)22-18(19-4)21-10-17-20-8-9-25(17)11-13(2)3;/h8-9,13-14H,5-7,10-12H2,1-4H3,(H2,19,21,22);1H. The Hall–Kier alpha value is -1.65. The van der Waals surface area contributed by atoms with Crippen molar-refractivity contribution in [2.45, 2.75) is 65.7 Å². The van der Waals surface area contributed by atoms with Crippen molar-refractivity contribution in [3.63, 3.8) is 0 Å². The Morgan fingerprint density at radius 1 is 1.41 bits per heavy atom. The van der Waals surface area contributed by atoms with E-state index in [1.807, 2.05) is 17.1 Å². The minimum Gasteiger partial charge on any atom is -0.352 e. The van der Waals surface area contributed by atoms with Crippen LogP contribution in [0.1, 0.15) is 44.7 Å². The lowest BCUT2D eigenvalue weighted by molar-refractivity contribution is 0.391. The Labute approximate surface area is 178 Å². The number of aryl methyl sites for hydroxylation is 2. The van der Waals surface area contributed by atoms with E-state index in [0.29, 0.717) is 18.5 Å². The summed E-state index contributed by atoms with van der Waals surface area (Å²) in [5, 5.41) is 11.5. The number of hydrogen-bond donors (Lipinski definition) is 2. The molecule has 27 heavy (non-hydrogen) atoms. The molecule has 0 radical (unpaired) electrons. The SMILES string of the molecule is CCc1nc2n(n1)CC(NC(=NC)NCc1nccn1CC(C)C)CC2.I. The topological polar surface area (TPSA) is 84.9 Å². The van der Waals surface area contributed by atoms with E-state index in [9.17, 15) is 0 Å². The number of halogens is 1. The molecule has 0 aliphatic carbocycles. The molecule has 1 atom stereocenters. The molecular weight excluding hydrogens is 455 g/mol. The number of imidazole rings is 1. The fourth-order valence-corrected chi connectivity index (χ4v) is 3.25. The van der Waals surface area contributed by atoms with E-state index in [1.165, 1.54) is 0 Å². The van der Waals surface area contributed by atoms with Gasteiger partial charge in [-0.2, -0.15) is 5.10 Å². The third kappa shape index (κ3) is 5.66. The molecule has 3 heterocycles. The molecule has 2 aromatic rings. The Kier molecular flexibility index (Phi) is 8.06. The van der Waals surface area contributed by atoms with Crippen LogP contribution in [0.25, 0.3) is 0 Å². The molecule has 0 saturated heterocycles. The maximum atomic E-state index is 4.57. The lowest BCUT2D eigenvalue weighted by Crippen LogP contribution is -2.47. The number of aromatic nitrogens is 5. The van der Waals surface area contributed by atoms with Crippen LogP contribution in [-0.2, 0) is 32.5 Å². The molecule has 2 N–H and O–H groups in total. The number of guanidine groups is 1. The molecule has 150 valence electrons. The summed E-state index contributed by atoms with van der Waals surface area (Å²) < 4.78 is 4.22. The molecule has 1 unspecified atom stereocenters. The van der Waals surface area contributed by atoms with Crippen LogP contribution in [-0.4, -0.2) is 43.4 Å². The Bertz CT molecular complexity index is 748. The molecule has 3 rings (SSSR count). The summed E-state index contributed by atoms with van der Waals surface area (Å²) in [6, 6.07) is 0.301. The summed E-state index contributed by atoms with van der Waals surface area (Å²) in [4.78, 5) is 13.4. The molecule has 0 bridgehead atoms. The van der Waals surface area contributed by atoms with Crippen LogP contribution in [0.2, 0.25) is 0 Å². The van der Waals surface area contributed by atoms with Crippen molar-refractivity contribution in [1.82, 2.24) is 34.9 Å². The summed E-state index contributed by atoms with van der Waals surface area (Å²) in [7, 11) is 1.80. The van der Waals surface area contributed by atoms with Gasteiger partial charge in [0.2, 0.25) is 0 Å². The minimum absolute atomic E-state index is 0. The van der Waals surface area contributed by atoms with Gasteiger partial charge in [-0.05, 0) is 12.3 Å².